The summed E-state index contributed by atoms with van der Waals surface area (Å²) in [5, 5.41) is 5.20. The molecule has 22 heavy (non-hydrogen) atoms. The molecule has 0 saturated carbocycles. The van der Waals surface area contributed by atoms with Gasteiger partial charge in [0.25, 0.3) is 0 Å². The molecule has 0 aliphatic rings. The number of esters is 2. The van der Waals surface area contributed by atoms with Gasteiger partial charge in [-0.15, -0.1) is 0 Å². The number of ether oxygens (including phenoxy) is 2. The van der Waals surface area contributed by atoms with E-state index in [-0.39, 0.29) is 13.2 Å². The number of hydrogen-bond acceptors (Lipinski definition) is 5. The van der Waals surface area contributed by atoms with Gasteiger partial charge in [-0.25, -0.2) is 14.4 Å². The Balaban J connectivity index is 2.71. The van der Waals surface area contributed by atoms with E-state index in [4.69, 9.17) is 21.1 Å². The van der Waals surface area contributed by atoms with Crippen LogP contribution < -0.4 is 10.6 Å². The van der Waals surface area contributed by atoms with Crippen LogP contribution in [0.1, 0.15) is 13.8 Å². The molecule has 0 spiro atoms. The molecular weight excluding hydrogens is 312 g/mol. The quantitative estimate of drug-likeness (QED) is 0.615. The van der Waals surface area contributed by atoms with Crippen molar-refractivity contribution in [2.75, 3.05) is 18.5 Å². The molecule has 0 bridgehead atoms. The first-order valence-electron chi connectivity index (χ1n) is 6.64. The van der Waals surface area contributed by atoms with Crippen LogP contribution in [0.25, 0.3) is 0 Å². The lowest BCUT2D eigenvalue weighted by molar-refractivity contribution is -0.157. The Hall–Kier alpha value is -2.28. The maximum Gasteiger partial charge on any atom is 0.340 e. The summed E-state index contributed by atoms with van der Waals surface area (Å²) in [5.74, 6) is -1.76. The standard InChI is InChI=1S/C14H17ClN2O5/c1-3-21-12(18)11(13(19)22-4-2)17-14(20)16-10-7-5-9(15)6-8-10/h5-8,11H,3-4H2,1-2H3,(H2,16,17,20). The Bertz CT molecular complexity index is 515. The third-order valence-electron chi connectivity index (χ3n) is 2.42. The number of carbonyl (C=O) groups excluding carboxylic acids is 3. The first-order chi connectivity index (χ1) is 10.5. The highest BCUT2D eigenvalue weighted by molar-refractivity contribution is 6.30. The van der Waals surface area contributed by atoms with Crippen LogP contribution in [0.3, 0.4) is 0 Å². The summed E-state index contributed by atoms with van der Waals surface area (Å²) in [6.45, 7) is 3.34. The van der Waals surface area contributed by atoms with Gasteiger partial charge in [0.05, 0.1) is 13.2 Å². The van der Waals surface area contributed by atoms with E-state index in [1.807, 2.05) is 0 Å². The summed E-state index contributed by atoms with van der Waals surface area (Å²) < 4.78 is 9.48. The summed E-state index contributed by atoms with van der Waals surface area (Å²) >= 11 is 5.73. The maximum atomic E-state index is 11.9. The number of hydrogen-bond donors (Lipinski definition) is 2. The number of urea groups is 1. The Morgan fingerprint density at radius 3 is 2.00 bits per heavy atom. The minimum Gasteiger partial charge on any atom is -0.464 e. The largest absolute Gasteiger partial charge is 0.464 e. The molecule has 0 aliphatic heterocycles. The average Bonchev–Trinajstić information content (AvgIpc) is 2.47. The maximum absolute atomic E-state index is 11.9. The third-order valence-corrected chi connectivity index (χ3v) is 2.67. The number of carbonyl (C=O) groups is 3. The zero-order valence-electron chi connectivity index (χ0n) is 12.2. The first kappa shape index (κ1) is 17.8. The molecule has 0 unspecified atom stereocenters. The zero-order valence-corrected chi connectivity index (χ0v) is 13.0. The normalized spacial score (nSPS) is 10.0. The SMILES string of the molecule is CCOC(=O)C(NC(=O)Nc1ccc(Cl)cc1)C(=O)OCC. The molecule has 0 aliphatic carbocycles. The van der Waals surface area contributed by atoms with Crippen molar-refractivity contribution < 1.29 is 23.9 Å². The van der Waals surface area contributed by atoms with Gasteiger partial charge in [-0.05, 0) is 38.1 Å². The van der Waals surface area contributed by atoms with Gasteiger partial charge < -0.3 is 20.1 Å². The molecule has 0 saturated heterocycles. The fraction of sp³-hybridized carbons (Fsp3) is 0.357. The predicted molar refractivity (Wildman–Crippen MR) is 80.7 cm³/mol. The van der Waals surface area contributed by atoms with Gasteiger partial charge in [0.2, 0.25) is 6.04 Å². The molecule has 7 nitrogen and oxygen atoms in total. The molecule has 1 aromatic rings. The van der Waals surface area contributed by atoms with E-state index in [0.29, 0.717) is 10.7 Å². The number of rotatable bonds is 6. The van der Waals surface area contributed by atoms with Gasteiger partial charge >= 0.3 is 18.0 Å². The minimum atomic E-state index is -1.52. The van der Waals surface area contributed by atoms with E-state index in [1.54, 1.807) is 38.1 Å². The summed E-state index contributed by atoms with van der Waals surface area (Å²) in [5.41, 5.74) is 0.452. The van der Waals surface area contributed by atoms with E-state index in [9.17, 15) is 14.4 Å². The summed E-state index contributed by atoms with van der Waals surface area (Å²) in [4.78, 5) is 35.3. The molecule has 1 aromatic carbocycles. The molecule has 120 valence electrons. The van der Waals surface area contributed by atoms with E-state index < -0.39 is 24.0 Å². The van der Waals surface area contributed by atoms with Crippen LogP contribution in [0, 0.1) is 0 Å². The second-order valence-electron chi connectivity index (χ2n) is 4.04. The van der Waals surface area contributed by atoms with Crippen LogP contribution in [0.15, 0.2) is 24.3 Å². The van der Waals surface area contributed by atoms with Gasteiger partial charge in [-0.2, -0.15) is 0 Å². The van der Waals surface area contributed by atoms with Gasteiger partial charge in [0, 0.05) is 10.7 Å². The molecule has 0 aromatic heterocycles. The van der Waals surface area contributed by atoms with Crippen LogP contribution in [0.5, 0.6) is 0 Å². The molecule has 2 amide bonds. The fourth-order valence-electron chi connectivity index (χ4n) is 1.50. The van der Waals surface area contributed by atoms with Crippen molar-refractivity contribution in [1.82, 2.24) is 5.32 Å². The Labute approximate surface area is 132 Å². The van der Waals surface area contributed by atoms with Crippen molar-refractivity contribution in [3.8, 4) is 0 Å². The second kappa shape index (κ2) is 8.89. The Morgan fingerprint density at radius 2 is 1.55 bits per heavy atom. The van der Waals surface area contributed by atoms with E-state index in [0.717, 1.165) is 0 Å². The zero-order chi connectivity index (χ0) is 16.5. The summed E-state index contributed by atoms with van der Waals surface area (Å²) in [6.07, 6.45) is 0. The molecule has 0 radical (unpaired) electrons. The van der Waals surface area contributed by atoms with Crippen LogP contribution in [0.4, 0.5) is 10.5 Å². The number of halogens is 1. The average molecular weight is 329 g/mol. The lowest BCUT2D eigenvalue weighted by Crippen LogP contribution is -2.49. The monoisotopic (exact) mass is 328 g/mol. The van der Waals surface area contributed by atoms with Gasteiger partial charge in [0.1, 0.15) is 0 Å². The third kappa shape index (κ3) is 5.61. The Morgan fingerprint density at radius 1 is 1.05 bits per heavy atom. The van der Waals surface area contributed by atoms with Crippen molar-refractivity contribution >= 4 is 35.3 Å². The molecule has 0 heterocycles. The van der Waals surface area contributed by atoms with Crippen molar-refractivity contribution in [3.05, 3.63) is 29.3 Å². The lowest BCUT2D eigenvalue weighted by atomic mass is 10.3. The number of anilines is 1. The van der Waals surface area contributed by atoms with Crippen molar-refractivity contribution in [2.24, 2.45) is 0 Å². The molecule has 0 fully saturated rings. The summed E-state index contributed by atoms with van der Waals surface area (Å²) in [7, 11) is 0. The topological polar surface area (TPSA) is 93.7 Å². The number of benzene rings is 1. The second-order valence-corrected chi connectivity index (χ2v) is 4.48. The molecule has 2 N–H and O–H groups in total. The van der Waals surface area contributed by atoms with E-state index >= 15 is 0 Å². The van der Waals surface area contributed by atoms with Gasteiger partial charge in [-0.3, -0.25) is 0 Å². The highest BCUT2D eigenvalue weighted by atomic mass is 35.5. The molecule has 1 rings (SSSR count). The highest BCUT2D eigenvalue weighted by Gasteiger charge is 2.31. The van der Waals surface area contributed by atoms with Gasteiger partial charge in [0.15, 0.2) is 0 Å². The van der Waals surface area contributed by atoms with Crippen molar-refractivity contribution in [2.45, 2.75) is 19.9 Å². The van der Waals surface area contributed by atoms with Crippen molar-refractivity contribution in [1.29, 1.82) is 0 Å². The van der Waals surface area contributed by atoms with E-state index in [1.165, 1.54) is 0 Å². The first-order valence-corrected chi connectivity index (χ1v) is 7.02. The Kier molecular flexibility index (Phi) is 7.18. The highest BCUT2D eigenvalue weighted by Crippen LogP contribution is 2.13. The van der Waals surface area contributed by atoms with Crippen LogP contribution >= 0.6 is 11.6 Å². The molecule has 0 atom stereocenters. The van der Waals surface area contributed by atoms with Gasteiger partial charge in [-0.1, -0.05) is 11.6 Å². The van der Waals surface area contributed by atoms with E-state index in [2.05, 4.69) is 10.6 Å². The number of nitrogens with one attached hydrogen (secondary N) is 2. The van der Waals surface area contributed by atoms with Crippen molar-refractivity contribution in [3.63, 3.8) is 0 Å². The minimum absolute atomic E-state index is 0.0786. The van der Waals surface area contributed by atoms with Crippen LogP contribution in [0.2, 0.25) is 5.02 Å². The number of amides is 2. The molecular formula is C14H17ClN2O5. The van der Waals surface area contributed by atoms with Crippen LogP contribution in [-0.4, -0.2) is 37.2 Å². The smallest absolute Gasteiger partial charge is 0.340 e. The molecule has 8 heteroatoms. The lowest BCUT2D eigenvalue weighted by Gasteiger charge is -2.16. The fourth-order valence-corrected chi connectivity index (χ4v) is 1.62. The summed E-state index contributed by atoms with van der Waals surface area (Å²) in [6, 6.07) is 4.06. The predicted octanol–water partition coefficient (Wildman–Crippen LogP) is 1.96. The van der Waals surface area contributed by atoms with Crippen LogP contribution in [-0.2, 0) is 19.1 Å².